The number of hydrogen-bond donors (Lipinski definition) is 3. The Morgan fingerprint density at radius 1 is 1.00 bits per heavy atom. The average Bonchev–Trinajstić information content (AvgIpc) is 2.71. The van der Waals surface area contributed by atoms with Gasteiger partial charge in [-0.3, -0.25) is 4.79 Å². The fraction of sp³-hybridized carbons (Fsp3) is 0.167. The summed E-state index contributed by atoms with van der Waals surface area (Å²) < 4.78 is 0. The van der Waals surface area contributed by atoms with Gasteiger partial charge in [-0.05, 0) is 59.5 Å². The fourth-order valence-corrected chi connectivity index (χ4v) is 3.10. The third-order valence-electron chi connectivity index (χ3n) is 4.64. The predicted octanol–water partition coefficient (Wildman–Crippen LogP) is 5.40. The number of allylic oxidation sites excluding steroid dienone is 1. The Hall–Kier alpha value is -3.60. The summed E-state index contributed by atoms with van der Waals surface area (Å²) in [5.41, 5.74) is 2.83. The summed E-state index contributed by atoms with van der Waals surface area (Å²) in [6.07, 6.45) is 2.43. The zero-order valence-corrected chi connectivity index (χ0v) is 16.5. The Kier molecular flexibility index (Phi) is 6.29. The van der Waals surface area contributed by atoms with Crippen LogP contribution in [0, 0.1) is 0 Å². The maximum atomic E-state index is 12.6. The Balaban J connectivity index is 1.83. The quantitative estimate of drug-likeness (QED) is 0.473. The first-order chi connectivity index (χ1) is 14.0. The lowest BCUT2D eigenvalue weighted by Gasteiger charge is -2.11. The van der Waals surface area contributed by atoms with Gasteiger partial charge in [-0.2, -0.15) is 0 Å². The molecule has 5 heteroatoms. The highest BCUT2D eigenvalue weighted by molar-refractivity contribution is 6.08. The van der Waals surface area contributed by atoms with Crippen molar-refractivity contribution in [1.82, 2.24) is 0 Å². The summed E-state index contributed by atoms with van der Waals surface area (Å²) >= 11 is 0. The summed E-state index contributed by atoms with van der Waals surface area (Å²) in [6.45, 7) is 4.67. The average molecular weight is 388 g/mol. The second-order valence-electron chi connectivity index (χ2n) is 6.87. The van der Waals surface area contributed by atoms with Crippen molar-refractivity contribution in [3.05, 3.63) is 77.9 Å². The molecule has 5 nitrogen and oxygen atoms in total. The van der Waals surface area contributed by atoms with Gasteiger partial charge in [0.2, 0.25) is 5.91 Å². The molecule has 0 atom stereocenters. The maximum Gasteiger partial charge on any atom is 0.337 e. The van der Waals surface area contributed by atoms with Crippen molar-refractivity contribution in [3.8, 4) is 0 Å². The van der Waals surface area contributed by atoms with Crippen molar-refractivity contribution in [2.75, 3.05) is 17.2 Å². The summed E-state index contributed by atoms with van der Waals surface area (Å²) in [7, 11) is 0. The molecule has 29 heavy (non-hydrogen) atoms. The summed E-state index contributed by atoms with van der Waals surface area (Å²) in [4.78, 5) is 24.1. The number of carboxylic acids is 1. The van der Waals surface area contributed by atoms with Crippen LogP contribution < -0.4 is 10.6 Å². The lowest BCUT2D eigenvalue weighted by Crippen LogP contribution is -2.13. The number of benzene rings is 3. The van der Waals surface area contributed by atoms with Gasteiger partial charge in [0, 0.05) is 18.3 Å². The maximum absolute atomic E-state index is 12.6. The smallest absolute Gasteiger partial charge is 0.337 e. The molecule has 1 amide bonds. The van der Waals surface area contributed by atoms with Crippen molar-refractivity contribution in [2.45, 2.75) is 20.3 Å². The van der Waals surface area contributed by atoms with Gasteiger partial charge in [0.1, 0.15) is 0 Å². The SMILES string of the molecule is CCCNc1ccc(C(=O)O)c(NC(=O)/C=C(/C)c2ccc3ccccc3c2)c1. The number of carbonyl (C=O) groups is 2. The number of carbonyl (C=O) groups excluding carboxylic acids is 1. The van der Waals surface area contributed by atoms with Gasteiger partial charge in [0.05, 0.1) is 11.3 Å². The topological polar surface area (TPSA) is 78.4 Å². The van der Waals surface area contributed by atoms with Crippen LogP contribution in [0.3, 0.4) is 0 Å². The number of fused-ring (bicyclic) bond motifs is 1. The molecule has 0 fully saturated rings. The molecule has 3 aromatic carbocycles. The van der Waals surface area contributed by atoms with Crippen LogP contribution in [0.2, 0.25) is 0 Å². The molecule has 0 heterocycles. The molecule has 0 aliphatic heterocycles. The number of nitrogens with one attached hydrogen (secondary N) is 2. The van der Waals surface area contributed by atoms with Crippen molar-refractivity contribution < 1.29 is 14.7 Å². The van der Waals surface area contributed by atoms with E-state index in [9.17, 15) is 14.7 Å². The third-order valence-corrected chi connectivity index (χ3v) is 4.64. The molecule has 3 rings (SSSR count). The third kappa shape index (κ3) is 5.02. The van der Waals surface area contributed by atoms with E-state index in [0.717, 1.165) is 40.6 Å². The monoisotopic (exact) mass is 388 g/mol. The summed E-state index contributed by atoms with van der Waals surface area (Å²) in [5.74, 6) is -1.46. The van der Waals surface area contributed by atoms with Crippen LogP contribution in [-0.2, 0) is 4.79 Å². The van der Waals surface area contributed by atoms with Crippen molar-refractivity contribution >= 4 is 39.6 Å². The molecule has 0 aliphatic carbocycles. The Morgan fingerprint density at radius 3 is 2.48 bits per heavy atom. The number of aromatic carboxylic acids is 1. The van der Waals surface area contributed by atoms with Gasteiger partial charge < -0.3 is 15.7 Å². The summed E-state index contributed by atoms with van der Waals surface area (Å²) in [6, 6.07) is 18.9. The lowest BCUT2D eigenvalue weighted by atomic mass is 10.0. The minimum atomic E-state index is -1.09. The second-order valence-corrected chi connectivity index (χ2v) is 6.87. The first kappa shape index (κ1) is 20.1. The zero-order valence-electron chi connectivity index (χ0n) is 16.5. The van der Waals surface area contributed by atoms with Crippen LogP contribution in [0.5, 0.6) is 0 Å². The van der Waals surface area contributed by atoms with Gasteiger partial charge in [-0.15, -0.1) is 0 Å². The number of rotatable bonds is 7. The molecule has 148 valence electrons. The molecule has 0 aliphatic rings. The van der Waals surface area contributed by atoms with Crippen LogP contribution in [0.25, 0.3) is 16.3 Å². The van der Waals surface area contributed by atoms with Gasteiger partial charge in [-0.25, -0.2) is 4.79 Å². The van der Waals surface area contributed by atoms with E-state index >= 15 is 0 Å². The van der Waals surface area contributed by atoms with Crippen LogP contribution in [0.15, 0.2) is 66.7 Å². The molecule has 3 aromatic rings. The van der Waals surface area contributed by atoms with Gasteiger partial charge in [0.25, 0.3) is 0 Å². The largest absolute Gasteiger partial charge is 0.478 e. The predicted molar refractivity (Wildman–Crippen MR) is 118 cm³/mol. The molecule has 0 bridgehead atoms. The molecule has 3 N–H and O–H groups in total. The van der Waals surface area contributed by atoms with E-state index in [1.54, 1.807) is 12.1 Å². The first-order valence-electron chi connectivity index (χ1n) is 9.57. The number of anilines is 2. The highest BCUT2D eigenvalue weighted by atomic mass is 16.4. The lowest BCUT2D eigenvalue weighted by molar-refractivity contribution is -0.111. The minimum Gasteiger partial charge on any atom is -0.478 e. The molecule has 0 unspecified atom stereocenters. The minimum absolute atomic E-state index is 0.0529. The van der Waals surface area contributed by atoms with E-state index in [-0.39, 0.29) is 17.2 Å². The van der Waals surface area contributed by atoms with E-state index in [1.165, 1.54) is 12.1 Å². The van der Waals surface area contributed by atoms with E-state index in [1.807, 2.05) is 56.3 Å². The van der Waals surface area contributed by atoms with Gasteiger partial charge >= 0.3 is 5.97 Å². The zero-order chi connectivity index (χ0) is 20.8. The highest BCUT2D eigenvalue weighted by Gasteiger charge is 2.13. The molecular weight excluding hydrogens is 364 g/mol. The molecule has 0 saturated carbocycles. The highest BCUT2D eigenvalue weighted by Crippen LogP contribution is 2.23. The van der Waals surface area contributed by atoms with Crippen LogP contribution >= 0.6 is 0 Å². The molecule has 0 saturated heterocycles. The molecule has 0 aromatic heterocycles. The van der Waals surface area contributed by atoms with E-state index in [4.69, 9.17) is 0 Å². The van der Waals surface area contributed by atoms with Crippen molar-refractivity contribution in [3.63, 3.8) is 0 Å². The molecular formula is C24H24N2O3. The van der Waals surface area contributed by atoms with Crippen LogP contribution in [0.4, 0.5) is 11.4 Å². The van der Waals surface area contributed by atoms with Crippen molar-refractivity contribution in [1.29, 1.82) is 0 Å². The standard InChI is InChI=1S/C24H24N2O3/c1-3-12-25-20-10-11-21(24(28)29)22(15-20)26-23(27)13-16(2)18-9-8-17-6-4-5-7-19(17)14-18/h4-11,13-15,25H,3,12H2,1-2H3,(H,26,27)(H,28,29)/b16-13-. The normalized spacial score (nSPS) is 11.3. The molecule has 0 spiro atoms. The number of carboxylic acid groups (broad SMARTS) is 1. The van der Waals surface area contributed by atoms with E-state index < -0.39 is 5.97 Å². The Morgan fingerprint density at radius 2 is 1.76 bits per heavy atom. The summed E-state index contributed by atoms with van der Waals surface area (Å²) in [5, 5.41) is 17.6. The Bertz CT molecular complexity index is 1090. The fourth-order valence-electron chi connectivity index (χ4n) is 3.10. The second kappa shape index (κ2) is 9.06. The van der Waals surface area contributed by atoms with Gasteiger partial charge in [0.15, 0.2) is 0 Å². The first-order valence-corrected chi connectivity index (χ1v) is 9.57. The number of hydrogen-bond acceptors (Lipinski definition) is 3. The van der Waals surface area contributed by atoms with Crippen LogP contribution in [-0.4, -0.2) is 23.5 Å². The van der Waals surface area contributed by atoms with Crippen LogP contribution in [0.1, 0.15) is 36.2 Å². The number of amides is 1. The van der Waals surface area contributed by atoms with E-state index in [0.29, 0.717) is 0 Å². The molecule has 0 radical (unpaired) electrons. The van der Waals surface area contributed by atoms with Crippen molar-refractivity contribution in [2.24, 2.45) is 0 Å². The Labute approximate surface area is 170 Å². The van der Waals surface area contributed by atoms with E-state index in [2.05, 4.69) is 10.6 Å². The van der Waals surface area contributed by atoms with Gasteiger partial charge in [-0.1, -0.05) is 43.3 Å².